The SMILES string of the molecule is CCNCc1cc(Cl)cc(S(=O)(=O)N(C)CC)c1C. The lowest BCUT2D eigenvalue weighted by Gasteiger charge is -2.19. The average Bonchev–Trinajstić information content (AvgIpc) is 2.37. The minimum Gasteiger partial charge on any atom is -0.313 e. The molecule has 0 bridgehead atoms. The van der Waals surface area contributed by atoms with E-state index in [1.807, 2.05) is 19.9 Å². The highest BCUT2D eigenvalue weighted by Crippen LogP contribution is 2.26. The first-order valence-corrected chi connectivity index (χ1v) is 8.12. The summed E-state index contributed by atoms with van der Waals surface area (Å²) in [5.74, 6) is 0. The normalized spacial score (nSPS) is 12.1. The van der Waals surface area contributed by atoms with Gasteiger partial charge < -0.3 is 5.32 Å². The van der Waals surface area contributed by atoms with Crippen molar-refractivity contribution in [1.29, 1.82) is 0 Å². The fourth-order valence-corrected chi connectivity index (χ4v) is 3.53. The summed E-state index contributed by atoms with van der Waals surface area (Å²) in [6, 6.07) is 3.33. The van der Waals surface area contributed by atoms with Gasteiger partial charge in [-0.25, -0.2) is 12.7 Å². The molecule has 19 heavy (non-hydrogen) atoms. The van der Waals surface area contributed by atoms with E-state index in [1.54, 1.807) is 14.0 Å². The van der Waals surface area contributed by atoms with Crippen LogP contribution in [0.5, 0.6) is 0 Å². The summed E-state index contributed by atoms with van der Waals surface area (Å²) >= 11 is 6.04. The van der Waals surface area contributed by atoms with Crippen LogP contribution in [0.25, 0.3) is 0 Å². The molecule has 0 aliphatic heterocycles. The highest BCUT2D eigenvalue weighted by Gasteiger charge is 2.23. The minimum atomic E-state index is -3.47. The minimum absolute atomic E-state index is 0.289. The molecule has 0 unspecified atom stereocenters. The van der Waals surface area contributed by atoms with Crippen molar-refractivity contribution in [1.82, 2.24) is 9.62 Å². The van der Waals surface area contributed by atoms with Gasteiger partial charge in [0.25, 0.3) is 0 Å². The van der Waals surface area contributed by atoms with Crippen LogP contribution in [0.4, 0.5) is 0 Å². The Bertz CT molecular complexity index is 544. The monoisotopic (exact) mass is 304 g/mol. The molecule has 0 saturated heterocycles. The second-order valence-electron chi connectivity index (χ2n) is 4.39. The number of sulfonamides is 1. The second-order valence-corrected chi connectivity index (χ2v) is 6.84. The zero-order valence-electron chi connectivity index (χ0n) is 11.8. The summed E-state index contributed by atoms with van der Waals surface area (Å²) in [4.78, 5) is 0.289. The van der Waals surface area contributed by atoms with E-state index in [-0.39, 0.29) is 4.90 Å². The highest BCUT2D eigenvalue weighted by atomic mass is 35.5. The molecule has 1 N–H and O–H groups in total. The molecule has 1 rings (SSSR count). The first kappa shape index (κ1) is 16.4. The number of hydrogen-bond donors (Lipinski definition) is 1. The van der Waals surface area contributed by atoms with E-state index in [9.17, 15) is 8.42 Å². The van der Waals surface area contributed by atoms with E-state index >= 15 is 0 Å². The molecule has 0 heterocycles. The largest absolute Gasteiger partial charge is 0.313 e. The molecule has 0 radical (unpaired) electrons. The Hall–Kier alpha value is -0.620. The standard InChI is InChI=1S/C13H21ClN2O2S/c1-5-15-9-11-7-12(14)8-13(10(11)3)19(17,18)16(4)6-2/h7-8,15H,5-6,9H2,1-4H3. The van der Waals surface area contributed by atoms with E-state index in [0.29, 0.717) is 18.1 Å². The van der Waals surface area contributed by atoms with Crippen molar-refractivity contribution >= 4 is 21.6 Å². The molecule has 4 nitrogen and oxygen atoms in total. The lowest BCUT2D eigenvalue weighted by Crippen LogP contribution is -2.27. The van der Waals surface area contributed by atoms with Crippen LogP contribution >= 0.6 is 11.6 Å². The summed E-state index contributed by atoms with van der Waals surface area (Å²) < 4.78 is 26.1. The number of nitrogens with one attached hydrogen (secondary N) is 1. The number of nitrogens with zero attached hydrogens (tertiary/aromatic N) is 1. The van der Waals surface area contributed by atoms with Crippen molar-refractivity contribution in [3.05, 3.63) is 28.3 Å². The molecule has 6 heteroatoms. The van der Waals surface area contributed by atoms with Crippen LogP contribution in [0.3, 0.4) is 0 Å². The summed E-state index contributed by atoms with van der Waals surface area (Å²) in [7, 11) is -1.90. The van der Waals surface area contributed by atoms with Crippen molar-refractivity contribution in [2.45, 2.75) is 32.2 Å². The maximum absolute atomic E-state index is 12.4. The Morgan fingerprint density at radius 1 is 1.32 bits per heavy atom. The van der Waals surface area contributed by atoms with Crippen LogP contribution in [-0.2, 0) is 16.6 Å². The summed E-state index contributed by atoms with van der Waals surface area (Å²) in [5.41, 5.74) is 1.67. The van der Waals surface area contributed by atoms with Crippen LogP contribution in [0.15, 0.2) is 17.0 Å². The maximum atomic E-state index is 12.4. The molecule has 0 aliphatic carbocycles. The number of hydrogen-bond acceptors (Lipinski definition) is 3. The smallest absolute Gasteiger partial charge is 0.243 e. The van der Waals surface area contributed by atoms with E-state index in [1.165, 1.54) is 10.4 Å². The Morgan fingerprint density at radius 3 is 2.47 bits per heavy atom. The van der Waals surface area contributed by atoms with Crippen molar-refractivity contribution in [2.24, 2.45) is 0 Å². The van der Waals surface area contributed by atoms with Gasteiger partial charge in [-0.1, -0.05) is 25.4 Å². The quantitative estimate of drug-likeness (QED) is 0.878. The molecular weight excluding hydrogens is 284 g/mol. The van der Waals surface area contributed by atoms with Crippen LogP contribution < -0.4 is 5.32 Å². The van der Waals surface area contributed by atoms with Gasteiger partial charge in [0, 0.05) is 25.2 Å². The van der Waals surface area contributed by atoms with Crippen molar-refractivity contribution < 1.29 is 8.42 Å². The molecule has 1 aromatic rings. The van der Waals surface area contributed by atoms with Gasteiger partial charge in [-0.3, -0.25) is 0 Å². The molecular formula is C13H21ClN2O2S. The average molecular weight is 305 g/mol. The Kier molecular flexibility index (Phi) is 5.80. The third-order valence-electron chi connectivity index (χ3n) is 3.13. The lowest BCUT2D eigenvalue weighted by atomic mass is 10.1. The lowest BCUT2D eigenvalue weighted by molar-refractivity contribution is 0.485. The van der Waals surface area contributed by atoms with Crippen LogP contribution in [0.2, 0.25) is 5.02 Å². The van der Waals surface area contributed by atoms with E-state index in [2.05, 4.69) is 5.32 Å². The van der Waals surface area contributed by atoms with E-state index in [4.69, 9.17) is 11.6 Å². The fourth-order valence-electron chi connectivity index (χ4n) is 1.76. The summed E-state index contributed by atoms with van der Waals surface area (Å²) in [5, 5.41) is 3.63. The first-order valence-electron chi connectivity index (χ1n) is 6.30. The van der Waals surface area contributed by atoms with Gasteiger partial charge in [-0.2, -0.15) is 0 Å². The van der Waals surface area contributed by atoms with Crippen LogP contribution in [0, 0.1) is 6.92 Å². The van der Waals surface area contributed by atoms with Crippen molar-refractivity contribution in [2.75, 3.05) is 20.1 Å². The third kappa shape index (κ3) is 3.69. The van der Waals surface area contributed by atoms with Gasteiger partial charge >= 0.3 is 0 Å². The second kappa shape index (κ2) is 6.70. The Balaban J connectivity index is 3.32. The van der Waals surface area contributed by atoms with E-state index in [0.717, 1.165) is 17.7 Å². The first-order chi connectivity index (χ1) is 8.84. The van der Waals surface area contributed by atoms with Gasteiger partial charge in [-0.05, 0) is 36.7 Å². The molecule has 0 amide bonds. The number of benzene rings is 1. The number of rotatable bonds is 6. The van der Waals surface area contributed by atoms with E-state index < -0.39 is 10.0 Å². The maximum Gasteiger partial charge on any atom is 0.243 e. The molecule has 0 spiro atoms. The van der Waals surface area contributed by atoms with Gasteiger partial charge in [-0.15, -0.1) is 0 Å². The van der Waals surface area contributed by atoms with Crippen LogP contribution in [-0.4, -0.2) is 32.9 Å². The zero-order chi connectivity index (χ0) is 14.6. The van der Waals surface area contributed by atoms with Gasteiger partial charge in [0.15, 0.2) is 0 Å². The Morgan fingerprint density at radius 2 is 1.95 bits per heavy atom. The molecule has 0 aliphatic rings. The van der Waals surface area contributed by atoms with Crippen molar-refractivity contribution in [3.63, 3.8) is 0 Å². The zero-order valence-corrected chi connectivity index (χ0v) is 13.4. The molecule has 0 atom stereocenters. The van der Waals surface area contributed by atoms with Crippen LogP contribution in [0.1, 0.15) is 25.0 Å². The molecule has 108 valence electrons. The topological polar surface area (TPSA) is 49.4 Å². The van der Waals surface area contributed by atoms with Gasteiger partial charge in [0.2, 0.25) is 10.0 Å². The fraction of sp³-hybridized carbons (Fsp3) is 0.538. The number of halogens is 1. The molecule has 0 aromatic heterocycles. The highest BCUT2D eigenvalue weighted by molar-refractivity contribution is 7.89. The molecule has 1 aromatic carbocycles. The third-order valence-corrected chi connectivity index (χ3v) is 5.41. The summed E-state index contributed by atoms with van der Waals surface area (Å²) in [6.45, 7) is 7.49. The Labute approximate surface area is 120 Å². The predicted molar refractivity (Wildman–Crippen MR) is 79.1 cm³/mol. The predicted octanol–water partition coefficient (Wildman–Crippen LogP) is 2.40. The van der Waals surface area contributed by atoms with Gasteiger partial charge in [0.1, 0.15) is 0 Å². The molecule has 0 saturated carbocycles. The van der Waals surface area contributed by atoms with Crippen molar-refractivity contribution in [3.8, 4) is 0 Å². The molecule has 0 fully saturated rings. The van der Waals surface area contributed by atoms with Gasteiger partial charge in [0.05, 0.1) is 4.90 Å². The summed E-state index contributed by atoms with van der Waals surface area (Å²) in [6.07, 6.45) is 0.